The zero-order valence-corrected chi connectivity index (χ0v) is 67.2. The molecule has 0 aliphatic heterocycles. The van der Waals surface area contributed by atoms with Crippen LogP contribution in [0.4, 0.5) is 0 Å². The second kappa shape index (κ2) is 76.6. The minimum Gasteiger partial charge on any atom is -0.462 e. The van der Waals surface area contributed by atoms with Crippen LogP contribution < -0.4 is 0 Å². The molecule has 0 spiro atoms. The van der Waals surface area contributed by atoms with E-state index in [4.69, 9.17) is 37.0 Å². The van der Waals surface area contributed by atoms with Crippen molar-refractivity contribution in [3.8, 4) is 0 Å². The van der Waals surface area contributed by atoms with E-state index in [9.17, 15) is 43.2 Å². The molecule has 0 saturated carbocycles. The molecule has 0 aliphatic carbocycles. The Bertz CT molecular complexity index is 2440. The number of phosphoric acid groups is 2. The fourth-order valence-corrected chi connectivity index (χ4v) is 12.2. The topological polar surface area (TPSA) is 237 Å². The summed E-state index contributed by atoms with van der Waals surface area (Å²) in [4.78, 5) is 73.1. The molecule has 0 radical (unpaired) electrons. The van der Waals surface area contributed by atoms with Crippen LogP contribution in [0, 0.1) is 0 Å². The molecule has 0 fully saturated rings. The normalized spacial score (nSPS) is 14.5. The van der Waals surface area contributed by atoms with Gasteiger partial charge in [0.1, 0.15) is 19.3 Å². The Hall–Kier alpha value is -4.54. The number of phosphoric ester groups is 2. The largest absolute Gasteiger partial charge is 0.472 e. The number of allylic oxidation sites excluding steroid dienone is 20. The van der Waals surface area contributed by atoms with Crippen LogP contribution in [0.1, 0.15) is 336 Å². The predicted molar refractivity (Wildman–Crippen MR) is 427 cm³/mol. The highest BCUT2D eigenvalue weighted by molar-refractivity contribution is 7.47. The first kappa shape index (κ1) is 99.5. The van der Waals surface area contributed by atoms with Crippen LogP contribution in [0.2, 0.25) is 0 Å². The van der Waals surface area contributed by atoms with Crippen molar-refractivity contribution in [2.24, 2.45) is 0 Å². The number of carbonyl (C=O) groups is 4. The van der Waals surface area contributed by atoms with Gasteiger partial charge in [0.25, 0.3) is 0 Å². The van der Waals surface area contributed by atoms with Crippen molar-refractivity contribution in [3.63, 3.8) is 0 Å². The number of carbonyl (C=O) groups excluding carboxylic acids is 4. The van der Waals surface area contributed by atoms with Gasteiger partial charge in [0, 0.05) is 25.7 Å². The van der Waals surface area contributed by atoms with Gasteiger partial charge in [-0.1, -0.05) is 271 Å². The van der Waals surface area contributed by atoms with Crippen LogP contribution in [-0.2, 0) is 65.4 Å². The summed E-state index contributed by atoms with van der Waals surface area (Å²) >= 11 is 0. The standard InChI is InChI=1S/C85H146O17P2/c1-5-9-13-17-21-25-29-33-37-38-39-40-44-46-50-54-58-62-66-70-83(88)96-76-81(102-85(90)72-68-64-60-56-52-48-43-36-32-28-24-20-16-12-8-4)78-100-104(93,94)98-74-79(86)73-97-103(91,92)99-77-80(101-84(89)71-67-63-59-55-51-47-42-35-31-27-23-19-15-11-7-3)75-95-82(87)69-65-61-57-53-49-45-41-34-30-26-22-18-14-10-6-2/h9,13,21-22,24-26,28,33-37,39-43,46,50,79-81,86H,5-8,10-12,14-20,23,27,29-32,38,44-45,47-49,51-78H2,1-4H3,(H,91,92)(H,93,94). The molecule has 0 aromatic heterocycles. The van der Waals surface area contributed by atoms with Crippen LogP contribution in [0.25, 0.3) is 0 Å². The molecule has 5 unspecified atom stereocenters. The van der Waals surface area contributed by atoms with Crippen LogP contribution in [-0.4, -0.2) is 96.7 Å². The number of esters is 4. The van der Waals surface area contributed by atoms with Crippen molar-refractivity contribution < 1.29 is 80.2 Å². The second-order valence-electron chi connectivity index (χ2n) is 27.0. The first-order chi connectivity index (χ1) is 50.7. The van der Waals surface area contributed by atoms with E-state index in [1.165, 1.54) is 77.0 Å². The van der Waals surface area contributed by atoms with Crippen LogP contribution in [0.15, 0.2) is 122 Å². The van der Waals surface area contributed by atoms with E-state index in [0.717, 1.165) is 180 Å². The molecule has 0 saturated heterocycles. The maximum absolute atomic E-state index is 13.1. The Labute approximate surface area is 632 Å². The number of aliphatic hydroxyl groups is 1. The molecule has 598 valence electrons. The summed E-state index contributed by atoms with van der Waals surface area (Å²) in [6, 6.07) is 0. The molecule has 17 nitrogen and oxygen atoms in total. The lowest BCUT2D eigenvalue weighted by Crippen LogP contribution is -2.30. The molecule has 0 aliphatic rings. The molecule has 5 atom stereocenters. The van der Waals surface area contributed by atoms with Crippen molar-refractivity contribution in [3.05, 3.63) is 122 Å². The summed E-state index contributed by atoms with van der Waals surface area (Å²) in [6.07, 6.45) is 84.5. The summed E-state index contributed by atoms with van der Waals surface area (Å²) in [5, 5.41) is 10.6. The van der Waals surface area contributed by atoms with E-state index in [2.05, 4.69) is 149 Å². The molecule has 0 heterocycles. The smallest absolute Gasteiger partial charge is 0.462 e. The lowest BCUT2D eigenvalue weighted by molar-refractivity contribution is -0.161. The number of unbranched alkanes of at least 4 members (excludes halogenated alkanes) is 30. The molecular weight excluding hydrogens is 1350 g/mol. The summed E-state index contributed by atoms with van der Waals surface area (Å²) in [7, 11) is -9.98. The molecule has 104 heavy (non-hydrogen) atoms. The zero-order chi connectivity index (χ0) is 76.0. The maximum Gasteiger partial charge on any atom is 0.472 e. The molecule has 19 heteroatoms. The number of rotatable bonds is 76. The van der Waals surface area contributed by atoms with Gasteiger partial charge in [-0.05, 0) is 161 Å². The third kappa shape index (κ3) is 75.7. The van der Waals surface area contributed by atoms with Crippen LogP contribution in [0.5, 0.6) is 0 Å². The lowest BCUT2D eigenvalue weighted by Gasteiger charge is -2.21. The predicted octanol–water partition coefficient (Wildman–Crippen LogP) is 23.9. The number of hydrogen-bond donors (Lipinski definition) is 3. The van der Waals surface area contributed by atoms with E-state index in [0.29, 0.717) is 25.7 Å². The van der Waals surface area contributed by atoms with Crippen molar-refractivity contribution in [2.75, 3.05) is 39.6 Å². The SMILES string of the molecule is CCC=CCC=CCC=CCC=CCC=CCCCCCC(=O)OCC(COP(=O)(O)OCC(O)COP(=O)(O)OCC(COC(=O)CCCCCCCC=CCC=CCCCCC)OC(=O)CCCCCCCC=CCCCCCCCC)OC(=O)CCCCCCCC=CCC=CCCCCC. The van der Waals surface area contributed by atoms with Gasteiger partial charge < -0.3 is 33.8 Å². The Balaban J connectivity index is 5.42. The highest BCUT2D eigenvalue weighted by Crippen LogP contribution is 2.45. The van der Waals surface area contributed by atoms with Crippen molar-refractivity contribution in [2.45, 2.75) is 354 Å². The number of hydrogen-bond acceptors (Lipinski definition) is 15. The number of aliphatic hydroxyl groups excluding tert-OH is 1. The van der Waals surface area contributed by atoms with Crippen molar-refractivity contribution >= 4 is 39.5 Å². The molecule has 0 aromatic rings. The van der Waals surface area contributed by atoms with E-state index < -0.39 is 97.5 Å². The number of ether oxygens (including phenoxy) is 4. The van der Waals surface area contributed by atoms with Gasteiger partial charge in [-0.2, -0.15) is 0 Å². The van der Waals surface area contributed by atoms with Crippen molar-refractivity contribution in [1.29, 1.82) is 0 Å². The molecule has 0 rings (SSSR count). The molecule has 3 N–H and O–H groups in total. The Kier molecular flexibility index (Phi) is 73.3. The molecule has 0 aromatic carbocycles. The maximum atomic E-state index is 13.1. The van der Waals surface area contributed by atoms with Gasteiger partial charge >= 0.3 is 39.5 Å². The minimum atomic E-state index is -4.99. The van der Waals surface area contributed by atoms with E-state index in [-0.39, 0.29) is 25.7 Å². The first-order valence-corrected chi connectivity index (χ1v) is 43.8. The monoisotopic (exact) mass is 1500 g/mol. The third-order valence-electron chi connectivity index (χ3n) is 16.9. The first-order valence-electron chi connectivity index (χ1n) is 40.8. The minimum absolute atomic E-state index is 0.0688. The highest BCUT2D eigenvalue weighted by Gasteiger charge is 2.30. The average molecular weight is 1500 g/mol. The Morgan fingerprint density at radius 3 is 0.808 bits per heavy atom. The molecule has 0 amide bonds. The van der Waals surface area contributed by atoms with Crippen molar-refractivity contribution in [1.82, 2.24) is 0 Å². The van der Waals surface area contributed by atoms with Gasteiger partial charge in [0.2, 0.25) is 0 Å². The fourth-order valence-electron chi connectivity index (χ4n) is 10.7. The van der Waals surface area contributed by atoms with Gasteiger partial charge in [-0.3, -0.25) is 37.3 Å². The van der Waals surface area contributed by atoms with Crippen LogP contribution in [0.3, 0.4) is 0 Å². The molecular formula is C85H146O17P2. The zero-order valence-electron chi connectivity index (χ0n) is 65.4. The van der Waals surface area contributed by atoms with Gasteiger partial charge in [-0.25, -0.2) is 9.13 Å². The fraction of sp³-hybridized carbons (Fsp3) is 0.718. The lowest BCUT2D eigenvalue weighted by atomic mass is 10.1. The summed E-state index contributed by atoms with van der Waals surface area (Å²) in [5.41, 5.74) is 0. The quantitative estimate of drug-likeness (QED) is 0.0169. The summed E-state index contributed by atoms with van der Waals surface area (Å²) in [5.74, 6) is -2.24. The summed E-state index contributed by atoms with van der Waals surface area (Å²) in [6.45, 7) is 4.65. The van der Waals surface area contributed by atoms with Gasteiger partial charge in [-0.15, -0.1) is 0 Å². The van der Waals surface area contributed by atoms with E-state index >= 15 is 0 Å². The van der Waals surface area contributed by atoms with E-state index in [1.807, 2.05) is 0 Å². The molecule has 0 bridgehead atoms. The third-order valence-corrected chi connectivity index (χ3v) is 18.8. The Morgan fingerprint density at radius 2 is 0.500 bits per heavy atom. The average Bonchev–Trinajstić information content (AvgIpc) is 0.918. The highest BCUT2D eigenvalue weighted by atomic mass is 31.2. The van der Waals surface area contributed by atoms with Crippen LogP contribution >= 0.6 is 15.6 Å². The van der Waals surface area contributed by atoms with E-state index in [1.54, 1.807) is 0 Å². The van der Waals surface area contributed by atoms with Gasteiger partial charge in [0.05, 0.1) is 26.4 Å². The summed E-state index contributed by atoms with van der Waals surface area (Å²) < 4.78 is 68.6. The van der Waals surface area contributed by atoms with Gasteiger partial charge in [0.15, 0.2) is 12.2 Å². The second-order valence-corrected chi connectivity index (χ2v) is 29.9. The Morgan fingerprint density at radius 1 is 0.279 bits per heavy atom.